The smallest absolute Gasteiger partial charge is 0.306 e. The van der Waals surface area contributed by atoms with Gasteiger partial charge in [0.05, 0.1) is 0 Å². The molecule has 5 rings (SSSR count). The molecule has 0 heterocycles. The second-order valence-corrected chi connectivity index (χ2v) is 16.4. The molecule has 0 saturated heterocycles. The average molecular weight is 527 g/mol. The Morgan fingerprint density at radius 3 is 2.26 bits per heavy atom. The SMILES string of the molecule is C=C(C)C1CC[C@]2(C)CC[C@]3(C)[C@H](CC[C@@H]4[C@@]5(C)CCC(OC(=O)CCCCO)C(C)(C)C5CC[C@]43C)C12. The molecule has 5 saturated carbocycles. The molecule has 0 aromatic heterocycles. The lowest BCUT2D eigenvalue weighted by Gasteiger charge is -2.73. The molecule has 1 N–H and O–H groups in total. The van der Waals surface area contributed by atoms with E-state index >= 15 is 0 Å². The number of ether oxygens (including phenoxy) is 1. The highest BCUT2D eigenvalue weighted by molar-refractivity contribution is 5.69. The summed E-state index contributed by atoms with van der Waals surface area (Å²) in [5.74, 6) is 3.65. The summed E-state index contributed by atoms with van der Waals surface area (Å²) in [7, 11) is 0. The van der Waals surface area contributed by atoms with Gasteiger partial charge < -0.3 is 9.84 Å². The van der Waals surface area contributed by atoms with E-state index in [0.29, 0.717) is 40.4 Å². The molecule has 5 fully saturated rings. The number of allylic oxidation sites excluding steroid dienone is 1. The zero-order valence-electron chi connectivity index (χ0n) is 25.8. The molecule has 0 aromatic carbocycles. The first-order chi connectivity index (χ1) is 17.7. The van der Waals surface area contributed by atoms with Crippen molar-refractivity contribution in [3.8, 4) is 0 Å². The molecule has 0 aromatic rings. The van der Waals surface area contributed by atoms with Gasteiger partial charge in [-0.1, -0.05) is 53.7 Å². The fourth-order valence-corrected chi connectivity index (χ4v) is 12.3. The molecule has 0 aliphatic heterocycles. The highest BCUT2D eigenvalue weighted by atomic mass is 16.5. The number of fused-ring (bicyclic) bond motifs is 7. The van der Waals surface area contributed by atoms with Gasteiger partial charge in [0.15, 0.2) is 0 Å². The molecule has 0 spiro atoms. The molecule has 38 heavy (non-hydrogen) atoms. The second-order valence-electron chi connectivity index (χ2n) is 16.4. The molecule has 0 amide bonds. The molecule has 5 aliphatic carbocycles. The number of unbranched alkanes of at least 4 members (excludes halogenated alkanes) is 1. The van der Waals surface area contributed by atoms with Crippen LogP contribution in [0.15, 0.2) is 12.2 Å². The van der Waals surface area contributed by atoms with Crippen LogP contribution in [0.25, 0.3) is 0 Å². The van der Waals surface area contributed by atoms with E-state index in [2.05, 4.69) is 55.0 Å². The van der Waals surface area contributed by atoms with Gasteiger partial charge in [-0.15, -0.1) is 0 Å². The van der Waals surface area contributed by atoms with Crippen molar-refractivity contribution in [3.05, 3.63) is 12.2 Å². The third-order valence-electron chi connectivity index (χ3n) is 14.5. The topological polar surface area (TPSA) is 46.5 Å². The van der Waals surface area contributed by atoms with Crippen molar-refractivity contribution in [1.82, 2.24) is 0 Å². The van der Waals surface area contributed by atoms with E-state index in [-0.39, 0.29) is 24.1 Å². The van der Waals surface area contributed by atoms with Crippen LogP contribution in [0, 0.1) is 56.7 Å². The molecule has 3 heteroatoms. The lowest BCUT2D eigenvalue weighted by Crippen LogP contribution is -2.66. The van der Waals surface area contributed by atoms with E-state index in [1.165, 1.54) is 63.4 Å². The first-order valence-corrected chi connectivity index (χ1v) is 16.2. The summed E-state index contributed by atoms with van der Waals surface area (Å²) in [6, 6.07) is 0. The van der Waals surface area contributed by atoms with E-state index in [1.807, 2.05) is 0 Å². The van der Waals surface area contributed by atoms with E-state index in [9.17, 15) is 4.79 Å². The summed E-state index contributed by atoms with van der Waals surface area (Å²) in [5, 5.41) is 9.09. The van der Waals surface area contributed by atoms with E-state index in [0.717, 1.165) is 36.5 Å². The van der Waals surface area contributed by atoms with Crippen molar-refractivity contribution in [2.24, 2.45) is 56.7 Å². The van der Waals surface area contributed by atoms with Crippen LogP contribution in [0.2, 0.25) is 0 Å². The third kappa shape index (κ3) is 4.01. The molecular weight excluding hydrogens is 468 g/mol. The number of aliphatic hydroxyl groups excluding tert-OH is 1. The van der Waals surface area contributed by atoms with Crippen LogP contribution in [-0.4, -0.2) is 23.8 Å². The average Bonchev–Trinajstić information content (AvgIpc) is 3.19. The molecule has 3 nitrogen and oxygen atoms in total. The normalized spacial score (nSPS) is 49.3. The Morgan fingerprint density at radius 2 is 1.58 bits per heavy atom. The zero-order chi connectivity index (χ0) is 27.7. The van der Waals surface area contributed by atoms with Gasteiger partial charge in [0, 0.05) is 18.4 Å². The van der Waals surface area contributed by atoms with E-state index < -0.39 is 0 Å². The summed E-state index contributed by atoms with van der Waals surface area (Å²) in [6.45, 7) is 22.5. The van der Waals surface area contributed by atoms with Crippen LogP contribution in [0.3, 0.4) is 0 Å². The fraction of sp³-hybridized carbons (Fsp3) is 0.914. The van der Waals surface area contributed by atoms with Crippen molar-refractivity contribution < 1.29 is 14.6 Å². The molecule has 216 valence electrons. The van der Waals surface area contributed by atoms with Gasteiger partial charge in [-0.3, -0.25) is 4.79 Å². The number of hydrogen-bond acceptors (Lipinski definition) is 3. The van der Waals surface area contributed by atoms with Gasteiger partial charge in [-0.25, -0.2) is 0 Å². The second kappa shape index (κ2) is 9.63. The number of aliphatic hydroxyl groups is 1. The summed E-state index contributed by atoms with van der Waals surface area (Å²) >= 11 is 0. The number of esters is 1. The van der Waals surface area contributed by atoms with Crippen molar-refractivity contribution in [3.63, 3.8) is 0 Å². The number of carbonyl (C=O) groups excluding carboxylic acids is 1. The number of hydrogen-bond donors (Lipinski definition) is 1. The minimum atomic E-state index is -0.0670. The van der Waals surface area contributed by atoms with Crippen LogP contribution in [0.1, 0.15) is 132 Å². The lowest BCUT2D eigenvalue weighted by molar-refractivity contribution is -0.249. The predicted molar refractivity (Wildman–Crippen MR) is 155 cm³/mol. The van der Waals surface area contributed by atoms with Crippen LogP contribution >= 0.6 is 0 Å². The third-order valence-corrected chi connectivity index (χ3v) is 14.5. The lowest BCUT2D eigenvalue weighted by atomic mass is 9.32. The van der Waals surface area contributed by atoms with Gasteiger partial charge in [-0.2, -0.15) is 0 Å². The summed E-state index contributed by atoms with van der Waals surface area (Å²) in [5.41, 5.74) is 3.06. The maximum atomic E-state index is 12.7. The molecular formula is C35H58O3. The first-order valence-electron chi connectivity index (χ1n) is 16.2. The first kappa shape index (κ1) is 28.7. The largest absolute Gasteiger partial charge is 0.462 e. The Kier molecular flexibility index (Phi) is 7.27. The Morgan fingerprint density at radius 1 is 0.842 bits per heavy atom. The highest BCUT2D eigenvalue weighted by Gasteiger charge is 2.70. The summed E-state index contributed by atoms with van der Waals surface area (Å²) in [4.78, 5) is 12.7. The van der Waals surface area contributed by atoms with Crippen molar-refractivity contribution in [2.75, 3.05) is 6.61 Å². The van der Waals surface area contributed by atoms with Gasteiger partial charge in [0.1, 0.15) is 6.10 Å². The molecule has 4 unspecified atom stereocenters. The Labute approximate surface area is 233 Å². The van der Waals surface area contributed by atoms with Crippen LogP contribution in [0.4, 0.5) is 0 Å². The minimum absolute atomic E-state index is 0.000356. The van der Waals surface area contributed by atoms with E-state index in [1.54, 1.807) is 0 Å². The number of carbonyl (C=O) groups is 1. The molecule has 0 bridgehead atoms. The molecule has 10 atom stereocenters. The summed E-state index contributed by atoms with van der Waals surface area (Å²) in [6.07, 6.45) is 15.0. The standard InChI is InChI=1S/C35H58O3/c1-23(2)24-14-17-32(5)20-21-34(7)25(30(24)32)12-13-27-33(6)18-16-28(38-29(37)11-9-10-22-36)31(3,4)26(33)15-19-35(27,34)8/h24-28,30,36H,1,9-22H2,2-8H3/t24?,25-,26?,27-,28?,30?,32-,33+,34-,35-/m1/s1. The van der Waals surface area contributed by atoms with Crippen LogP contribution in [-0.2, 0) is 9.53 Å². The van der Waals surface area contributed by atoms with Gasteiger partial charge in [-0.05, 0) is 135 Å². The monoisotopic (exact) mass is 526 g/mol. The maximum absolute atomic E-state index is 12.7. The van der Waals surface area contributed by atoms with E-state index in [4.69, 9.17) is 9.84 Å². The Balaban J connectivity index is 1.40. The molecule has 5 aliphatic rings. The quantitative estimate of drug-likeness (QED) is 0.214. The Bertz CT molecular complexity index is 937. The maximum Gasteiger partial charge on any atom is 0.306 e. The van der Waals surface area contributed by atoms with Gasteiger partial charge >= 0.3 is 5.97 Å². The fourth-order valence-electron chi connectivity index (χ4n) is 12.3. The van der Waals surface area contributed by atoms with Crippen molar-refractivity contribution in [1.29, 1.82) is 0 Å². The van der Waals surface area contributed by atoms with Gasteiger partial charge in [0.25, 0.3) is 0 Å². The molecule has 0 radical (unpaired) electrons. The van der Waals surface area contributed by atoms with Gasteiger partial charge in [0.2, 0.25) is 0 Å². The predicted octanol–water partition coefficient (Wildman–Crippen LogP) is 8.74. The van der Waals surface area contributed by atoms with Crippen LogP contribution in [0.5, 0.6) is 0 Å². The van der Waals surface area contributed by atoms with Crippen molar-refractivity contribution >= 4 is 5.97 Å². The minimum Gasteiger partial charge on any atom is -0.462 e. The zero-order valence-corrected chi connectivity index (χ0v) is 25.8. The Hall–Kier alpha value is -0.830. The summed E-state index contributed by atoms with van der Waals surface area (Å²) < 4.78 is 6.18. The number of rotatable bonds is 6. The highest BCUT2D eigenvalue weighted by Crippen LogP contribution is 2.77. The van der Waals surface area contributed by atoms with Crippen LogP contribution < -0.4 is 0 Å². The van der Waals surface area contributed by atoms with Crippen molar-refractivity contribution in [2.45, 2.75) is 138 Å².